The number of para-hydroxylation sites is 1. The SMILES string of the molecule is C[C@@H](O)c1ccccc1Oc1cc(Cl)c(Cl)cc1Cl. The summed E-state index contributed by atoms with van der Waals surface area (Å²) in [6.45, 7) is 1.67. The molecule has 2 aromatic rings. The van der Waals surface area contributed by atoms with Gasteiger partial charge >= 0.3 is 0 Å². The highest BCUT2D eigenvalue weighted by Crippen LogP contribution is 2.38. The van der Waals surface area contributed by atoms with Crippen LogP contribution in [0.3, 0.4) is 0 Å². The second-order valence-electron chi connectivity index (χ2n) is 4.01. The van der Waals surface area contributed by atoms with Crippen LogP contribution in [0.4, 0.5) is 0 Å². The zero-order valence-corrected chi connectivity index (χ0v) is 12.3. The van der Waals surface area contributed by atoms with Gasteiger partial charge in [0.1, 0.15) is 11.5 Å². The predicted octanol–water partition coefficient (Wildman–Crippen LogP) is 5.49. The molecule has 2 rings (SSSR count). The van der Waals surface area contributed by atoms with Gasteiger partial charge in [0.05, 0.1) is 21.2 Å². The molecule has 0 aliphatic heterocycles. The second kappa shape index (κ2) is 6.02. The Hall–Kier alpha value is -0.930. The highest BCUT2D eigenvalue weighted by molar-refractivity contribution is 6.43. The van der Waals surface area contributed by atoms with Crippen molar-refractivity contribution in [3.05, 3.63) is 57.0 Å². The zero-order chi connectivity index (χ0) is 14.0. The lowest BCUT2D eigenvalue weighted by Gasteiger charge is -2.14. The normalized spacial score (nSPS) is 12.3. The summed E-state index contributed by atoms with van der Waals surface area (Å²) in [4.78, 5) is 0. The van der Waals surface area contributed by atoms with Crippen LogP contribution in [0, 0.1) is 0 Å². The molecule has 0 aromatic heterocycles. The number of ether oxygens (including phenoxy) is 1. The molecule has 5 heteroatoms. The summed E-state index contributed by atoms with van der Waals surface area (Å²) < 4.78 is 5.70. The van der Waals surface area contributed by atoms with Crippen LogP contribution in [0.2, 0.25) is 15.1 Å². The van der Waals surface area contributed by atoms with E-state index >= 15 is 0 Å². The van der Waals surface area contributed by atoms with E-state index in [1.54, 1.807) is 25.1 Å². The third-order valence-corrected chi connectivity index (χ3v) is 3.58. The third-order valence-electron chi connectivity index (χ3n) is 2.56. The first-order valence-electron chi connectivity index (χ1n) is 5.58. The van der Waals surface area contributed by atoms with E-state index in [2.05, 4.69) is 0 Å². The largest absolute Gasteiger partial charge is 0.455 e. The van der Waals surface area contributed by atoms with Crippen LogP contribution in [-0.4, -0.2) is 5.11 Å². The number of benzene rings is 2. The van der Waals surface area contributed by atoms with E-state index in [9.17, 15) is 5.11 Å². The fraction of sp³-hybridized carbons (Fsp3) is 0.143. The first-order chi connectivity index (χ1) is 8.99. The summed E-state index contributed by atoms with van der Waals surface area (Å²) >= 11 is 17.8. The summed E-state index contributed by atoms with van der Waals surface area (Å²) in [7, 11) is 0. The maximum Gasteiger partial charge on any atom is 0.147 e. The summed E-state index contributed by atoms with van der Waals surface area (Å²) in [5.74, 6) is 0.918. The number of aliphatic hydroxyl groups excluding tert-OH is 1. The Morgan fingerprint density at radius 1 is 0.947 bits per heavy atom. The Kier molecular flexibility index (Phi) is 4.58. The predicted molar refractivity (Wildman–Crippen MR) is 78.6 cm³/mol. The smallest absolute Gasteiger partial charge is 0.147 e. The van der Waals surface area contributed by atoms with Gasteiger partial charge in [-0.15, -0.1) is 0 Å². The molecule has 0 amide bonds. The fourth-order valence-corrected chi connectivity index (χ4v) is 2.20. The van der Waals surface area contributed by atoms with Crippen LogP contribution < -0.4 is 4.74 Å². The van der Waals surface area contributed by atoms with Gasteiger partial charge in [0, 0.05) is 11.6 Å². The van der Waals surface area contributed by atoms with Crippen molar-refractivity contribution in [1.82, 2.24) is 0 Å². The topological polar surface area (TPSA) is 29.5 Å². The molecule has 1 atom stereocenters. The number of aliphatic hydroxyl groups is 1. The van der Waals surface area contributed by atoms with Gasteiger partial charge in [-0.2, -0.15) is 0 Å². The molecule has 0 heterocycles. The molecular weight excluding hydrogens is 307 g/mol. The molecule has 100 valence electrons. The molecule has 0 bridgehead atoms. The maximum atomic E-state index is 9.69. The van der Waals surface area contributed by atoms with E-state index in [-0.39, 0.29) is 0 Å². The van der Waals surface area contributed by atoms with Crippen LogP contribution in [0.5, 0.6) is 11.5 Å². The van der Waals surface area contributed by atoms with Gasteiger partial charge in [-0.25, -0.2) is 0 Å². The first kappa shape index (κ1) is 14.5. The van der Waals surface area contributed by atoms with E-state index in [1.165, 1.54) is 6.07 Å². The van der Waals surface area contributed by atoms with Crippen LogP contribution in [-0.2, 0) is 0 Å². The molecule has 1 N–H and O–H groups in total. The lowest BCUT2D eigenvalue weighted by Crippen LogP contribution is -1.96. The van der Waals surface area contributed by atoms with E-state index < -0.39 is 6.10 Å². The van der Waals surface area contributed by atoms with Gasteiger partial charge in [-0.1, -0.05) is 53.0 Å². The average molecular weight is 318 g/mol. The van der Waals surface area contributed by atoms with Crippen molar-refractivity contribution < 1.29 is 9.84 Å². The molecule has 0 saturated carbocycles. The molecule has 0 radical (unpaired) electrons. The van der Waals surface area contributed by atoms with Gasteiger partial charge in [0.25, 0.3) is 0 Å². The number of halogens is 3. The monoisotopic (exact) mass is 316 g/mol. The van der Waals surface area contributed by atoms with E-state index in [1.807, 2.05) is 12.1 Å². The summed E-state index contributed by atoms with van der Waals surface area (Å²) in [5, 5.41) is 10.8. The van der Waals surface area contributed by atoms with Crippen molar-refractivity contribution in [2.45, 2.75) is 13.0 Å². The number of rotatable bonds is 3. The standard InChI is InChI=1S/C14H11Cl3O2/c1-8(18)9-4-2-3-5-13(9)19-14-7-11(16)10(15)6-12(14)17/h2-8,18H,1H3/t8-/m1/s1. The van der Waals surface area contributed by atoms with Gasteiger partial charge in [0.15, 0.2) is 0 Å². The quantitative estimate of drug-likeness (QED) is 0.758. The number of hydrogen-bond donors (Lipinski definition) is 1. The van der Waals surface area contributed by atoms with Gasteiger partial charge in [-0.05, 0) is 19.1 Å². The van der Waals surface area contributed by atoms with Crippen molar-refractivity contribution >= 4 is 34.8 Å². The van der Waals surface area contributed by atoms with Crippen molar-refractivity contribution in [3.8, 4) is 11.5 Å². The lowest BCUT2D eigenvalue weighted by atomic mass is 10.1. The Labute approximate surface area is 126 Å². The minimum absolute atomic E-state index is 0.356. The van der Waals surface area contributed by atoms with Gasteiger partial charge < -0.3 is 9.84 Å². The van der Waals surface area contributed by atoms with Crippen LogP contribution >= 0.6 is 34.8 Å². The van der Waals surface area contributed by atoms with Crippen molar-refractivity contribution in [2.75, 3.05) is 0 Å². The molecule has 2 nitrogen and oxygen atoms in total. The zero-order valence-electron chi connectivity index (χ0n) is 10.0. The highest BCUT2D eigenvalue weighted by Gasteiger charge is 2.12. The van der Waals surface area contributed by atoms with Gasteiger partial charge in [0.2, 0.25) is 0 Å². The molecule has 0 saturated heterocycles. The van der Waals surface area contributed by atoms with E-state index in [4.69, 9.17) is 39.5 Å². The minimum Gasteiger partial charge on any atom is -0.455 e. The summed E-state index contributed by atoms with van der Waals surface area (Å²) in [5.41, 5.74) is 0.671. The van der Waals surface area contributed by atoms with Gasteiger partial charge in [-0.3, -0.25) is 0 Å². The van der Waals surface area contributed by atoms with Crippen molar-refractivity contribution in [1.29, 1.82) is 0 Å². The highest BCUT2D eigenvalue weighted by atomic mass is 35.5. The third kappa shape index (κ3) is 3.34. The van der Waals surface area contributed by atoms with Crippen LogP contribution in [0.15, 0.2) is 36.4 Å². The fourth-order valence-electron chi connectivity index (χ4n) is 1.62. The molecule has 0 fully saturated rings. The van der Waals surface area contributed by atoms with Crippen molar-refractivity contribution in [3.63, 3.8) is 0 Å². The lowest BCUT2D eigenvalue weighted by molar-refractivity contribution is 0.195. The van der Waals surface area contributed by atoms with Crippen LogP contribution in [0.25, 0.3) is 0 Å². The molecule has 19 heavy (non-hydrogen) atoms. The molecule has 0 spiro atoms. The van der Waals surface area contributed by atoms with Crippen molar-refractivity contribution in [2.24, 2.45) is 0 Å². The summed E-state index contributed by atoms with van der Waals surface area (Å²) in [6.07, 6.45) is -0.641. The maximum absolute atomic E-state index is 9.69. The second-order valence-corrected chi connectivity index (χ2v) is 5.23. The molecule has 0 aliphatic carbocycles. The Bertz CT molecular complexity index is 597. The first-order valence-corrected chi connectivity index (χ1v) is 6.72. The average Bonchev–Trinajstić information content (AvgIpc) is 2.36. The van der Waals surface area contributed by atoms with E-state index in [0.717, 1.165) is 0 Å². The van der Waals surface area contributed by atoms with Crippen LogP contribution in [0.1, 0.15) is 18.6 Å². The minimum atomic E-state index is -0.641. The Morgan fingerprint density at radius 2 is 1.58 bits per heavy atom. The number of hydrogen-bond acceptors (Lipinski definition) is 2. The Balaban J connectivity index is 2.39. The molecule has 0 unspecified atom stereocenters. The molecule has 2 aromatic carbocycles. The van der Waals surface area contributed by atoms with E-state index in [0.29, 0.717) is 32.1 Å². The Morgan fingerprint density at radius 3 is 2.26 bits per heavy atom. The molecular formula is C14H11Cl3O2. The summed E-state index contributed by atoms with van der Waals surface area (Å²) in [6, 6.07) is 10.2. The molecule has 0 aliphatic rings.